The largest absolute Gasteiger partial charge is 0.325 e. The molecule has 0 radical (unpaired) electrons. The molecule has 20 aromatic carbocycles. The summed E-state index contributed by atoms with van der Waals surface area (Å²) in [7, 11) is 6.65. The highest BCUT2D eigenvalue weighted by Crippen LogP contribution is 2.60. The highest BCUT2D eigenvalue weighted by atomic mass is 15.4. The molecule has 0 saturated heterocycles. The van der Waals surface area contributed by atoms with Crippen molar-refractivity contribution in [2.45, 2.75) is 70.1 Å². The Morgan fingerprint density at radius 1 is 0.242 bits per heavy atom. The summed E-state index contributed by atoms with van der Waals surface area (Å²) in [6.45, 7) is 14.4. The summed E-state index contributed by atoms with van der Waals surface area (Å²) < 4.78 is 4.50. The van der Waals surface area contributed by atoms with Gasteiger partial charge in [0.1, 0.15) is 24.1 Å². The molecule has 149 heavy (non-hydrogen) atoms. The fourth-order valence-electron chi connectivity index (χ4n) is 24.8. The van der Waals surface area contributed by atoms with Crippen LogP contribution in [0, 0.1) is 0 Å². The molecule has 0 fully saturated rings. The van der Waals surface area contributed by atoms with Gasteiger partial charge in [0.05, 0.1) is 25.1 Å². The molecule has 2 aromatic heterocycles. The van der Waals surface area contributed by atoms with Crippen LogP contribution in [0.2, 0.25) is 0 Å². The molecule has 4 heterocycles. The van der Waals surface area contributed by atoms with Gasteiger partial charge in [-0.25, -0.2) is 4.57 Å². The fraction of sp³-hybridized carbons (Fsp3) is 0.101. The Bertz CT molecular complexity index is 8880. The van der Waals surface area contributed by atoms with E-state index < -0.39 is 0 Å². The van der Waals surface area contributed by atoms with Crippen LogP contribution in [0.15, 0.2) is 498 Å². The number of para-hydroxylation sites is 9. The SMILES string of the molecule is C[NH+]1c2ccccc2N(c2ccccc2)C1c1ccc2c(c1)c1cc(-c3ccc(N(c4ccc(-c5ccccc5)cc4)c4ccc5c(c4)C(C)(C)c4cc(-c6ccc([NH3+])cc6)ccc4-5)cc3)ccc1n2-c1ccccc1.C[n+]1ccc(-c2ccc(N(c3ccccc3)c3ccc4c(c3)C(C)(C)c3cc5c(cc3-4)C(C)(C)c3cc(N(c4ccccc4)c4ccc(C6N(c7ccccc7)c7ccccc7[NH+]6C)cc4)ccc3-5)cc2)cc1. The van der Waals surface area contributed by atoms with E-state index in [-0.39, 0.29) is 28.6 Å². The molecule has 10 nitrogen and oxygen atoms in total. The Balaban J connectivity index is 0.000000151. The lowest BCUT2D eigenvalue weighted by Crippen LogP contribution is -3.04. The smallest absolute Gasteiger partial charge is 0.198 e. The lowest BCUT2D eigenvalue weighted by atomic mass is 9.79. The molecule has 5 aliphatic rings. The Morgan fingerprint density at radius 3 is 0.973 bits per heavy atom. The molecule has 22 aromatic rings. The normalized spacial score (nSPS) is 15.7. The zero-order valence-corrected chi connectivity index (χ0v) is 85.3. The third kappa shape index (κ3) is 15.6. The van der Waals surface area contributed by atoms with Gasteiger partial charge in [-0.05, 0) is 354 Å². The number of fused-ring (bicyclic) bond motifs is 14. The van der Waals surface area contributed by atoms with Gasteiger partial charge in [-0.15, -0.1) is 0 Å². The van der Waals surface area contributed by atoms with Gasteiger partial charge in [0.2, 0.25) is 0 Å². The third-order valence-electron chi connectivity index (χ3n) is 32.5. The van der Waals surface area contributed by atoms with Crippen molar-refractivity contribution in [2.75, 3.05) is 38.6 Å². The van der Waals surface area contributed by atoms with Crippen molar-refractivity contribution in [1.82, 2.24) is 4.57 Å². The van der Waals surface area contributed by atoms with Gasteiger partial charge in [-0.2, -0.15) is 0 Å². The minimum Gasteiger partial charge on any atom is -0.325 e. The topological polar surface area (TPSA) is 61.5 Å². The van der Waals surface area contributed by atoms with Crippen molar-refractivity contribution >= 4 is 113 Å². The second-order valence-electron chi connectivity index (χ2n) is 42.3. The number of benzene rings is 20. The molecular weight excluding hydrogens is 1810 g/mol. The number of hydrogen-bond acceptors (Lipinski definition) is 5. The number of aryl methyl sites for hydroxylation is 1. The quantitative estimate of drug-likeness (QED) is 0.0748. The first-order valence-corrected chi connectivity index (χ1v) is 52.1. The monoisotopic (exact) mass is 1920 g/mol. The minimum absolute atomic E-state index is 0.0506. The first kappa shape index (κ1) is 91.2. The van der Waals surface area contributed by atoms with Crippen LogP contribution < -0.4 is 44.6 Å². The summed E-state index contributed by atoms with van der Waals surface area (Å²) in [5.41, 5.74) is 53.8. The molecular formula is C139H116N10+4. The third-order valence-corrected chi connectivity index (χ3v) is 32.5. The molecule has 0 spiro atoms. The van der Waals surface area contributed by atoms with E-state index in [4.69, 9.17) is 0 Å². The maximum absolute atomic E-state index is 4.12. The number of rotatable bonds is 18. The summed E-state index contributed by atoms with van der Waals surface area (Å²) in [5.74, 6) is 0. The van der Waals surface area contributed by atoms with Crippen molar-refractivity contribution in [3.63, 3.8) is 0 Å². The van der Waals surface area contributed by atoms with E-state index in [2.05, 4.69) is 600 Å². The van der Waals surface area contributed by atoms with Gasteiger partial charge < -0.3 is 25.0 Å². The average molecular weight is 1930 g/mol. The van der Waals surface area contributed by atoms with E-state index in [0.29, 0.717) is 0 Å². The number of nitrogens with one attached hydrogen (secondary N) is 2. The highest BCUT2D eigenvalue weighted by Gasteiger charge is 2.46. The number of aromatic nitrogens is 2. The van der Waals surface area contributed by atoms with Crippen LogP contribution in [0.3, 0.4) is 0 Å². The molecule has 0 saturated carbocycles. The number of quaternary nitrogens is 3. The minimum atomic E-state index is -0.228. The zero-order valence-electron chi connectivity index (χ0n) is 85.3. The van der Waals surface area contributed by atoms with Crippen molar-refractivity contribution in [2.24, 2.45) is 7.05 Å². The van der Waals surface area contributed by atoms with Crippen molar-refractivity contribution in [3.8, 4) is 83.6 Å². The molecule has 27 rings (SSSR count). The standard InChI is InChI=1S/C71H55N5.C68H58N5/c1-71(2)64-45-52(49-23-32-54(72)33-24-49)29-39-60(64)61-40-38-59(46-65(61)71)74(57-34-25-48(26-35-57)47-15-7-4-8-16-47)58-36-27-50(28-37-58)51-30-41-66-62(43-51)63-44-53(31-42-67(63)75(66)55-17-9-5-10-18-55)70-73(3)68-21-13-14-22-69(68)76(70)56-19-11-6-12-20-56;1-67(2)60-42-54(71(49-18-10-7-11-19-49)52-30-26-46(27-31-52)47-38-40-69(5)41-39-47)34-36-56(60)58-44-63-59(45-62(58)67)57-37-35-55(43-61(57)68(63,3)4)72(50-20-12-8-13-21-50)53-32-28-48(29-33-53)66-70(6)64-24-16-17-25-65(64)73(66)51-22-14-9-15-23-51/h4-46,70H,72H2,1-3H3;7-45,66H,1-6H3/q;+1/p+3. The van der Waals surface area contributed by atoms with Gasteiger partial charge in [0, 0.05) is 131 Å². The van der Waals surface area contributed by atoms with Crippen molar-refractivity contribution in [1.29, 1.82) is 0 Å². The summed E-state index contributed by atoms with van der Waals surface area (Å²) in [6.07, 6.45) is 4.35. The van der Waals surface area contributed by atoms with Crippen LogP contribution in [0.25, 0.3) is 105 Å². The average Bonchev–Trinajstić information content (AvgIpc) is 1.53. The molecule has 4 atom stereocenters. The van der Waals surface area contributed by atoms with E-state index in [9.17, 15) is 0 Å². The molecule has 10 heteroatoms. The van der Waals surface area contributed by atoms with Crippen LogP contribution >= 0.6 is 0 Å². The van der Waals surface area contributed by atoms with Gasteiger partial charge in [-0.3, -0.25) is 19.6 Å². The van der Waals surface area contributed by atoms with Gasteiger partial charge in [0.15, 0.2) is 36.1 Å². The number of pyridine rings is 1. The Morgan fingerprint density at radius 2 is 0.530 bits per heavy atom. The number of hydrogen-bond donors (Lipinski definition) is 3. The predicted octanol–water partition coefficient (Wildman–Crippen LogP) is 32.2. The molecule has 4 unspecified atom stereocenters. The molecule has 5 N–H and O–H groups in total. The van der Waals surface area contributed by atoms with Gasteiger partial charge >= 0.3 is 0 Å². The van der Waals surface area contributed by atoms with E-state index >= 15 is 0 Å². The summed E-state index contributed by atoms with van der Waals surface area (Å²) >= 11 is 0. The lowest BCUT2D eigenvalue weighted by molar-refractivity contribution is -0.837. The molecule has 0 bridgehead atoms. The maximum Gasteiger partial charge on any atom is 0.198 e. The first-order chi connectivity index (χ1) is 72.8. The van der Waals surface area contributed by atoms with Gasteiger partial charge in [0.25, 0.3) is 0 Å². The predicted molar refractivity (Wildman–Crippen MR) is 618 cm³/mol. The zero-order chi connectivity index (χ0) is 101. The number of nitrogens with zero attached hydrogens (tertiary/aromatic N) is 7. The van der Waals surface area contributed by atoms with Crippen molar-refractivity contribution in [3.05, 3.63) is 542 Å². The van der Waals surface area contributed by atoms with Crippen LogP contribution in [0.4, 0.5) is 91.0 Å². The lowest BCUT2D eigenvalue weighted by Gasteiger charge is -2.30. The van der Waals surface area contributed by atoms with Crippen LogP contribution in [0.1, 0.15) is 98.4 Å². The van der Waals surface area contributed by atoms with Crippen LogP contribution in [-0.4, -0.2) is 18.7 Å². The highest BCUT2D eigenvalue weighted by molar-refractivity contribution is 6.11. The van der Waals surface area contributed by atoms with Crippen LogP contribution in [-0.2, 0) is 23.3 Å². The summed E-state index contributed by atoms with van der Waals surface area (Å²) in [4.78, 5) is 15.0. The molecule has 2 aliphatic heterocycles. The summed E-state index contributed by atoms with van der Waals surface area (Å²) in [6, 6.07) is 179. The second-order valence-corrected chi connectivity index (χ2v) is 42.3. The van der Waals surface area contributed by atoms with E-state index in [0.717, 1.165) is 62.6 Å². The van der Waals surface area contributed by atoms with E-state index in [1.807, 2.05) is 0 Å². The Hall–Kier alpha value is -17.8. The van der Waals surface area contributed by atoms with Crippen LogP contribution in [0.5, 0.6) is 0 Å². The number of anilines is 13. The fourth-order valence-corrected chi connectivity index (χ4v) is 24.8. The van der Waals surface area contributed by atoms with E-state index in [1.54, 1.807) is 0 Å². The molecule has 0 amide bonds. The van der Waals surface area contributed by atoms with Crippen molar-refractivity contribution < 1.29 is 20.1 Å². The second kappa shape index (κ2) is 36.5. The maximum atomic E-state index is 4.12. The molecule has 3 aliphatic carbocycles. The van der Waals surface area contributed by atoms with E-state index in [1.165, 1.54) is 188 Å². The summed E-state index contributed by atoms with van der Waals surface area (Å²) in [5, 5.41) is 2.47. The van der Waals surface area contributed by atoms with Gasteiger partial charge in [-0.1, -0.05) is 260 Å². The first-order valence-electron chi connectivity index (χ1n) is 52.1. The molecule has 718 valence electrons. The Kier molecular flexibility index (Phi) is 22.3. The Labute approximate surface area is 872 Å².